The molecule has 0 aromatic heterocycles. The number of aryl methyl sites for hydroxylation is 2. The lowest BCUT2D eigenvalue weighted by Gasteiger charge is -2.34. The van der Waals surface area contributed by atoms with E-state index in [-0.39, 0.29) is 23.9 Å². The van der Waals surface area contributed by atoms with Crippen molar-refractivity contribution in [1.29, 1.82) is 0 Å². The van der Waals surface area contributed by atoms with E-state index < -0.39 is 5.72 Å². The second-order valence-corrected chi connectivity index (χ2v) is 9.17. The van der Waals surface area contributed by atoms with Crippen LogP contribution in [0, 0.1) is 12.8 Å². The molecule has 3 heterocycles. The first kappa shape index (κ1) is 21.2. The number of likely N-dealkylation sites (tertiary alicyclic amines) is 1. The van der Waals surface area contributed by atoms with Gasteiger partial charge < -0.3 is 19.3 Å². The summed E-state index contributed by atoms with van der Waals surface area (Å²) >= 11 is 0. The Morgan fingerprint density at radius 2 is 2.17 bits per heavy atom. The quantitative estimate of drug-likeness (QED) is 0.687. The van der Waals surface area contributed by atoms with Crippen LogP contribution in [0.15, 0.2) is 18.2 Å². The molecule has 3 aliphatic rings. The molecule has 6 heteroatoms. The Balaban J connectivity index is 1.35. The van der Waals surface area contributed by atoms with Crippen molar-refractivity contribution in [3.63, 3.8) is 0 Å². The third kappa shape index (κ3) is 3.49. The van der Waals surface area contributed by atoms with Crippen molar-refractivity contribution >= 4 is 11.8 Å². The Hall–Kier alpha value is -2.08. The van der Waals surface area contributed by atoms with Gasteiger partial charge in [0, 0.05) is 19.4 Å². The van der Waals surface area contributed by atoms with Crippen LogP contribution in [0.2, 0.25) is 0 Å². The Bertz CT molecular complexity index is 823. The van der Waals surface area contributed by atoms with Gasteiger partial charge in [-0.3, -0.25) is 9.59 Å². The van der Waals surface area contributed by atoms with Crippen molar-refractivity contribution in [2.45, 2.75) is 77.6 Å². The fourth-order valence-corrected chi connectivity index (χ4v) is 5.44. The molecule has 3 atom stereocenters. The van der Waals surface area contributed by atoms with Gasteiger partial charge in [-0.25, -0.2) is 0 Å². The molecule has 0 radical (unpaired) electrons. The van der Waals surface area contributed by atoms with Gasteiger partial charge in [0.2, 0.25) is 11.8 Å². The molecule has 30 heavy (non-hydrogen) atoms. The van der Waals surface area contributed by atoms with Gasteiger partial charge in [0.25, 0.3) is 0 Å². The van der Waals surface area contributed by atoms with Crippen molar-refractivity contribution in [1.82, 2.24) is 9.80 Å². The molecule has 3 fully saturated rings. The zero-order chi connectivity index (χ0) is 21.5. The maximum absolute atomic E-state index is 13.0. The number of carbonyl (C=O) groups excluding carboxylic acids is 2. The maximum atomic E-state index is 13.0. The van der Waals surface area contributed by atoms with Gasteiger partial charge in [-0.2, -0.15) is 0 Å². The summed E-state index contributed by atoms with van der Waals surface area (Å²) in [6, 6.07) is 6.24. The topological polar surface area (TPSA) is 59.1 Å². The van der Waals surface area contributed by atoms with E-state index in [1.165, 1.54) is 5.56 Å². The second-order valence-electron chi connectivity index (χ2n) is 9.17. The van der Waals surface area contributed by atoms with Gasteiger partial charge in [-0.1, -0.05) is 26.0 Å². The van der Waals surface area contributed by atoms with E-state index in [9.17, 15) is 9.59 Å². The number of hydrogen-bond acceptors (Lipinski definition) is 4. The highest BCUT2D eigenvalue weighted by molar-refractivity contribution is 5.85. The van der Waals surface area contributed by atoms with E-state index in [0.717, 1.165) is 30.6 Å². The van der Waals surface area contributed by atoms with Crippen molar-refractivity contribution in [3.8, 4) is 5.75 Å². The average Bonchev–Trinajstić information content (AvgIpc) is 3.33. The summed E-state index contributed by atoms with van der Waals surface area (Å²) in [5, 5.41) is 0. The molecule has 6 nitrogen and oxygen atoms in total. The van der Waals surface area contributed by atoms with Crippen LogP contribution >= 0.6 is 0 Å². The number of rotatable bonds is 7. The molecule has 0 saturated carbocycles. The molecule has 1 spiro atoms. The zero-order valence-electron chi connectivity index (χ0n) is 18.6. The van der Waals surface area contributed by atoms with E-state index in [1.807, 2.05) is 22.8 Å². The van der Waals surface area contributed by atoms with Crippen LogP contribution in [-0.4, -0.2) is 59.2 Å². The molecule has 1 aromatic carbocycles. The number of ether oxygens (including phenoxy) is 2. The standard InChI is InChI=1S/C24H34N2O4/c1-5-29-20-10-9-18(13-17(20)4)7-6-8-22(27)25-12-11-24-21(25)14-23(28)26(24)19(15-30-24)16(2)3/h9-10,13,16,19,21H,5-8,11-12,14-15H2,1-4H3/t19-,21+,24-/m0/s1. The predicted molar refractivity (Wildman–Crippen MR) is 114 cm³/mol. The third-order valence-electron chi connectivity index (χ3n) is 6.97. The minimum absolute atomic E-state index is 0.125. The van der Waals surface area contributed by atoms with E-state index >= 15 is 0 Å². The minimum atomic E-state index is -0.575. The second kappa shape index (κ2) is 8.22. The third-order valence-corrected chi connectivity index (χ3v) is 6.97. The van der Waals surface area contributed by atoms with Crippen LogP contribution in [0.4, 0.5) is 0 Å². The number of nitrogens with zero attached hydrogens (tertiary/aromatic N) is 2. The number of hydrogen-bond donors (Lipinski definition) is 0. The van der Waals surface area contributed by atoms with E-state index in [4.69, 9.17) is 9.47 Å². The minimum Gasteiger partial charge on any atom is -0.494 e. The molecular formula is C24H34N2O4. The van der Waals surface area contributed by atoms with Crippen molar-refractivity contribution < 1.29 is 19.1 Å². The lowest BCUT2D eigenvalue weighted by Crippen LogP contribution is -2.51. The molecule has 3 aliphatic heterocycles. The van der Waals surface area contributed by atoms with Crippen LogP contribution in [0.5, 0.6) is 5.75 Å². The van der Waals surface area contributed by atoms with Gasteiger partial charge in [0.1, 0.15) is 5.75 Å². The average molecular weight is 415 g/mol. The fourth-order valence-electron chi connectivity index (χ4n) is 5.44. The number of carbonyl (C=O) groups is 2. The first-order chi connectivity index (χ1) is 14.4. The van der Waals surface area contributed by atoms with Gasteiger partial charge in [0.15, 0.2) is 5.72 Å². The molecule has 0 unspecified atom stereocenters. The summed E-state index contributed by atoms with van der Waals surface area (Å²) in [7, 11) is 0. The lowest BCUT2D eigenvalue weighted by atomic mass is 10.0. The van der Waals surface area contributed by atoms with Crippen molar-refractivity contribution in [2.24, 2.45) is 5.92 Å². The largest absolute Gasteiger partial charge is 0.494 e. The van der Waals surface area contributed by atoms with Gasteiger partial charge in [-0.05, 0) is 49.8 Å². The van der Waals surface area contributed by atoms with Crippen LogP contribution in [0.3, 0.4) is 0 Å². The highest BCUT2D eigenvalue weighted by atomic mass is 16.5. The zero-order valence-corrected chi connectivity index (χ0v) is 18.6. The summed E-state index contributed by atoms with van der Waals surface area (Å²) in [6.07, 6.45) is 3.29. The van der Waals surface area contributed by atoms with Crippen molar-refractivity contribution in [2.75, 3.05) is 19.8 Å². The Kier molecular flexibility index (Phi) is 5.80. The first-order valence-corrected chi connectivity index (χ1v) is 11.3. The molecule has 0 aliphatic carbocycles. The molecule has 1 aromatic rings. The lowest BCUT2D eigenvalue weighted by molar-refractivity contribution is -0.141. The molecule has 164 valence electrons. The highest BCUT2D eigenvalue weighted by Gasteiger charge is 2.65. The Morgan fingerprint density at radius 1 is 1.37 bits per heavy atom. The number of amides is 2. The highest BCUT2D eigenvalue weighted by Crippen LogP contribution is 2.49. The van der Waals surface area contributed by atoms with Crippen molar-refractivity contribution in [3.05, 3.63) is 29.3 Å². The van der Waals surface area contributed by atoms with Gasteiger partial charge in [0.05, 0.1) is 31.7 Å². The molecule has 4 rings (SSSR count). The Labute approximate surface area is 179 Å². The monoisotopic (exact) mass is 414 g/mol. The maximum Gasteiger partial charge on any atom is 0.227 e. The SMILES string of the molecule is CCOc1ccc(CCCC(=O)N2CC[C@@]34OC[C@@H](C(C)C)N3C(=O)C[C@@H]24)cc1C. The molecule has 2 amide bonds. The molecule has 0 N–H and O–H groups in total. The summed E-state index contributed by atoms with van der Waals surface area (Å²) < 4.78 is 11.8. The number of benzene rings is 1. The van der Waals surface area contributed by atoms with Crippen LogP contribution in [0.1, 0.15) is 57.6 Å². The van der Waals surface area contributed by atoms with E-state index in [0.29, 0.717) is 38.5 Å². The summed E-state index contributed by atoms with van der Waals surface area (Å²) in [4.78, 5) is 29.7. The predicted octanol–water partition coefficient (Wildman–Crippen LogP) is 3.30. The fraction of sp³-hybridized carbons (Fsp3) is 0.667. The first-order valence-electron chi connectivity index (χ1n) is 11.3. The summed E-state index contributed by atoms with van der Waals surface area (Å²) in [6.45, 7) is 10.2. The summed E-state index contributed by atoms with van der Waals surface area (Å²) in [5.41, 5.74) is 1.78. The molecule has 3 saturated heterocycles. The molecular weight excluding hydrogens is 380 g/mol. The normalized spacial score (nSPS) is 27.7. The van der Waals surface area contributed by atoms with Gasteiger partial charge >= 0.3 is 0 Å². The van der Waals surface area contributed by atoms with E-state index in [1.54, 1.807) is 0 Å². The van der Waals surface area contributed by atoms with Crippen LogP contribution < -0.4 is 4.74 Å². The van der Waals surface area contributed by atoms with Crippen LogP contribution in [0.25, 0.3) is 0 Å². The molecule has 0 bridgehead atoms. The smallest absolute Gasteiger partial charge is 0.227 e. The van der Waals surface area contributed by atoms with E-state index in [2.05, 4.69) is 32.9 Å². The van der Waals surface area contributed by atoms with Crippen LogP contribution in [-0.2, 0) is 20.7 Å². The Morgan fingerprint density at radius 3 is 2.87 bits per heavy atom. The summed E-state index contributed by atoms with van der Waals surface area (Å²) in [5.74, 6) is 1.56. The van der Waals surface area contributed by atoms with Gasteiger partial charge in [-0.15, -0.1) is 0 Å².